The van der Waals surface area contributed by atoms with Crippen LogP contribution in [0.25, 0.3) is 11.0 Å². The second-order valence-corrected chi connectivity index (χ2v) is 6.28. The minimum atomic E-state index is -0.416. The van der Waals surface area contributed by atoms with Crippen LogP contribution in [0.4, 0.5) is 15.2 Å². The van der Waals surface area contributed by atoms with Crippen LogP contribution in [0.3, 0.4) is 0 Å². The number of fused-ring (bicyclic) bond motifs is 1. The lowest BCUT2D eigenvalue weighted by molar-refractivity contribution is 0.102. The maximum Gasteiger partial charge on any atom is 0.262 e. The molecule has 0 aliphatic heterocycles. The summed E-state index contributed by atoms with van der Waals surface area (Å²) in [6.07, 6.45) is 1.60. The van der Waals surface area contributed by atoms with Crippen molar-refractivity contribution in [2.24, 2.45) is 4.99 Å². The van der Waals surface area contributed by atoms with E-state index in [1.807, 2.05) is 18.2 Å². The average Bonchev–Trinajstić information content (AvgIpc) is 3.14. The van der Waals surface area contributed by atoms with Gasteiger partial charge in [0, 0.05) is 17.0 Å². The molecular weight excluding hydrogens is 353 g/mol. The van der Waals surface area contributed by atoms with Crippen LogP contribution in [-0.4, -0.2) is 10.9 Å². The van der Waals surface area contributed by atoms with Crippen molar-refractivity contribution in [2.45, 2.75) is 0 Å². The van der Waals surface area contributed by atoms with E-state index in [1.54, 1.807) is 35.8 Å². The Morgan fingerprint density at radius 2 is 2.04 bits per heavy atom. The van der Waals surface area contributed by atoms with Gasteiger partial charge in [0.1, 0.15) is 17.0 Å². The molecule has 1 amide bonds. The van der Waals surface area contributed by atoms with E-state index >= 15 is 0 Å². The van der Waals surface area contributed by atoms with Gasteiger partial charge >= 0.3 is 0 Å². The molecule has 5 nitrogen and oxygen atoms in total. The smallest absolute Gasteiger partial charge is 0.262 e. The summed E-state index contributed by atoms with van der Waals surface area (Å²) in [5, 5.41) is 5.71. The molecule has 128 valence electrons. The largest absolute Gasteiger partial charge is 0.438 e. The van der Waals surface area contributed by atoms with Crippen molar-refractivity contribution in [3.8, 4) is 0 Å². The first-order valence-electron chi connectivity index (χ1n) is 7.73. The topological polar surface area (TPSA) is 67.5 Å². The van der Waals surface area contributed by atoms with Gasteiger partial charge in [-0.3, -0.25) is 10.1 Å². The standard InChI is InChI=1S/C19H12FN3O2S/c20-13-5-3-6-14(11-13)22-18-15(17(24)23-19-21-8-9-26-19)10-12-4-1-2-7-16(12)25-18/h1-11H,(H,21,23,24). The lowest BCUT2D eigenvalue weighted by atomic mass is 10.2. The van der Waals surface area contributed by atoms with E-state index in [4.69, 9.17) is 4.42 Å². The highest BCUT2D eigenvalue weighted by atomic mass is 32.1. The van der Waals surface area contributed by atoms with E-state index in [9.17, 15) is 9.18 Å². The first-order chi connectivity index (χ1) is 12.7. The second-order valence-electron chi connectivity index (χ2n) is 5.39. The summed E-state index contributed by atoms with van der Waals surface area (Å²) in [6.45, 7) is 0. The number of anilines is 1. The number of thiazole rings is 1. The number of nitrogens with zero attached hydrogens (tertiary/aromatic N) is 2. The van der Waals surface area contributed by atoms with Crippen LogP contribution in [0, 0.1) is 5.82 Å². The van der Waals surface area contributed by atoms with E-state index < -0.39 is 11.7 Å². The van der Waals surface area contributed by atoms with Gasteiger partial charge in [-0.15, -0.1) is 11.3 Å². The van der Waals surface area contributed by atoms with E-state index in [2.05, 4.69) is 15.3 Å². The molecule has 2 heterocycles. The van der Waals surface area contributed by atoms with Crippen LogP contribution in [0.5, 0.6) is 0 Å². The highest BCUT2D eigenvalue weighted by Crippen LogP contribution is 2.17. The fourth-order valence-corrected chi connectivity index (χ4v) is 2.95. The van der Waals surface area contributed by atoms with Crippen molar-refractivity contribution >= 4 is 39.0 Å². The normalized spacial score (nSPS) is 11.7. The molecule has 0 bridgehead atoms. The number of carbonyl (C=O) groups excluding carboxylic acids is 1. The lowest BCUT2D eigenvalue weighted by Gasteiger charge is -2.05. The molecule has 0 saturated heterocycles. The van der Waals surface area contributed by atoms with Crippen molar-refractivity contribution in [3.05, 3.63) is 83.1 Å². The van der Waals surface area contributed by atoms with Gasteiger partial charge in [-0.05, 0) is 30.3 Å². The molecule has 2 aromatic carbocycles. The minimum absolute atomic E-state index is 0.100. The highest BCUT2D eigenvalue weighted by molar-refractivity contribution is 7.13. The maximum atomic E-state index is 13.5. The zero-order chi connectivity index (χ0) is 17.9. The summed E-state index contributed by atoms with van der Waals surface area (Å²) in [5.74, 6) is -0.814. The number of rotatable bonds is 3. The molecule has 26 heavy (non-hydrogen) atoms. The molecule has 4 aromatic rings. The summed E-state index contributed by atoms with van der Waals surface area (Å²) >= 11 is 1.31. The Morgan fingerprint density at radius 3 is 2.85 bits per heavy atom. The van der Waals surface area contributed by atoms with Gasteiger partial charge in [0.05, 0.1) is 5.69 Å². The summed E-state index contributed by atoms with van der Waals surface area (Å²) in [7, 11) is 0. The molecule has 0 spiro atoms. The van der Waals surface area contributed by atoms with E-state index in [1.165, 1.54) is 23.5 Å². The minimum Gasteiger partial charge on any atom is -0.438 e. The highest BCUT2D eigenvalue weighted by Gasteiger charge is 2.14. The van der Waals surface area contributed by atoms with Crippen LogP contribution >= 0.6 is 11.3 Å². The van der Waals surface area contributed by atoms with Crippen LogP contribution in [0.15, 0.2) is 75.6 Å². The Balaban J connectivity index is 1.87. The fraction of sp³-hybridized carbons (Fsp3) is 0. The Bertz CT molecular complexity index is 1150. The molecule has 0 aliphatic rings. The van der Waals surface area contributed by atoms with E-state index in [-0.39, 0.29) is 11.1 Å². The lowest BCUT2D eigenvalue weighted by Crippen LogP contribution is -2.21. The molecular formula is C19H12FN3O2S. The summed E-state index contributed by atoms with van der Waals surface area (Å²) in [5.41, 5.74) is 1.27. The average molecular weight is 365 g/mol. The van der Waals surface area contributed by atoms with Crippen LogP contribution in [-0.2, 0) is 0 Å². The number of hydrogen-bond donors (Lipinski definition) is 1. The molecule has 0 fully saturated rings. The van der Waals surface area contributed by atoms with Crippen molar-refractivity contribution in [3.63, 3.8) is 0 Å². The monoisotopic (exact) mass is 365 g/mol. The number of nitrogens with one attached hydrogen (secondary N) is 1. The van der Waals surface area contributed by atoms with Crippen molar-refractivity contribution in [1.29, 1.82) is 0 Å². The molecule has 0 atom stereocenters. The van der Waals surface area contributed by atoms with Gasteiger partial charge in [-0.1, -0.05) is 24.3 Å². The van der Waals surface area contributed by atoms with Crippen LogP contribution in [0.1, 0.15) is 10.4 Å². The number of halogens is 1. The third kappa shape index (κ3) is 3.38. The fourth-order valence-electron chi connectivity index (χ4n) is 2.43. The Morgan fingerprint density at radius 1 is 1.15 bits per heavy atom. The second kappa shape index (κ2) is 6.89. The third-order valence-electron chi connectivity index (χ3n) is 3.59. The Labute approximate surface area is 151 Å². The van der Waals surface area contributed by atoms with E-state index in [0.717, 1.165) is 5.39 Å². The first-order valence-corrected chi connectivity index (χ1v) is 8.61. The first kappa shape index (κ1) is 16.2. The van der Waals surface area contributed by atoms with Crippen molar-refractivity contribution in [1.82, 2.24) is 4.98 Å². The number of aromatic nitrogens is 1. The van der Waals surface area contributed by atoms with Crippen LogP contribution in [0.2, 0.25) is 0 Å². The number of hydrogen-bond acceptors (Lipinski definition) is 5. The van der Waals surface area contributed by atoms with Crippen LogP contribution < -0.4 is 10.9 Å². The van der Waals surface area contributed by atoms with Gasteiger partial charge in [-0.2, -0.15) is 0 Å². The third-order valence-corrected chi connectivity index (χ3v) is 4.28. The molecule has 7 heteroatoms. The zero-order valence-electron chi connectivity index (χ0n) is 13.3. The molecule has 0 saturated carbocycles. The van der Waals surface area contributed by atoms with Gasteiger partial charge in [0.2, 0.25) is 5.55 Å². The SMILES string of the molecule is O=C(Nc1nccs1)c1cc2ccccc2oc1=Nc1cccc(F)c1. The Kier molecular flexibility index (Phi) is 4.28. The van der Waals surface area contributed by atoms with Gasteiger partial charge in [0.15, 0.2) is 5.13 Å². The predicted octanol–water partition coefficient (Wildman–Crippen LogP) is 4.51. The van der Waals surface area contributed by atoms with Gasteiger partial charge < -0.3 is 4.42 Å². The molecule has 0 unspecified atom stereocenters. The molecule has 4 rings (SSSR count). The predicted molar refractivity (Wildman–Crippen MR) is 97.9 cm³/mol. The number of benzene rings is 2. The molecule has 0 aliphatic carbocycles. The Hall–Kier alpha value is -3.32. The molecule has 0 radical (unpaired) electrons. The van der Waals surface area contributed by atoms with Crippen molar-refractivity contribution < 1.29 is 13.6 Å². The summed E-state index contributed by atoms with van der Waals surface area (Å²) in [4.78, 5) is 21.1. The zero-order valence-corrected chi connectivity index (χ0v) is 14.2. The molecule has 2 aromatic heterocycles. The van der Waals surface area contributed by atoms with Gasteiger partial charge in [0.25, 0.3) is 5.91 Å². The van der Waals surface area contributed by atoms with Gasteiger partial charge in [-0.25, -0.2) is 14.4 Å². The summed E-state index contributed by atoms with van der Waals surface area (Å²) in [6, 6.07) is 14.8. The number of amides is 1. The quantitative estimate of drug-likeness (QED) is 0.581. The number of carbonyl (C=O) groups is 1. The summed E-state index contributed by atoms with van der Waals surface area (Å²) < 4.78 is 19.3. The van der Waals surface area contributed by atoms with Crippen molar-refractivity contribution in [2.75, 3.05) is 5.32 Å². The maximum absolute atomic E-state index is 13.5. The van der Waals surface area contributed by atoms with E-state index in [0.29, 0.717) is 16.4 Å². The number of para-hydroxylation sites is 1. The molecule has 1 N–H and O–H groups in total.